The maximum Gasteiger partial charge on any atom is 0.426 e. The van der Waals surface area contributed by atoms with Crippen LogP contribution in [0.2, 0.25) is 0 Å². The molecule has 2 aliphatic carbocycles. The molecule has 5 N–H and O–H groups in total. The maximum atomic E-state index is 12.6. The molecule has 5 aliphatic rings. The maximum absolute atomic E-state index is 12.6. The molecule has 392 valence electrons. The van der Waals surface area contributed by atoms with E-state index in [4.69, 9.17) is 29.6 Å². The fourth-order valence-corrected chi connectivity index (χ4v) is 9.41. The number of hydrogen-bond acceptors (Lipinski definition) is 14. The number of benzene rings is 4. The van der Waals surface area contributed by atoms with Gasteiger partial charge in [0.15, 0.2) is 0 Å². The molecule has 3 aliphatic heterocycles. The monoisotopic (exact) mass is 1020 g/mol. The van der Waals surface area contributed by atoms with Crippen molar-refractivity contribution < 1.29 is 62.1 Å². The highest BCUT2D eigenvalue weighted by molar-refractivity contribution is 6.02. The van der Waals surface area contributed by atoms with E-state index >= 15 is 0 Å². The number of hydroxylamine groups is 2. The largest absolute Gasteiger partial charge is 0.448 e. The second-order valence-electron chi connectivity index (χ2n) is 20.1. The van der Waals surface area contributed by atoms with Gasteiger partial charge in [-0.05, 0) is 112 Å². The first-order chi connectivity index (χ1) is 35.2. The van der Waals surface area contributed by atoms with Crippen molar-refractivity contribution in [2.75, 3.05) is 26.3 Å². The molecule has 0 saturated carbocycles. The molecule has 4 aromatic carbocycles. The van der Waals surface area contributed by atoms with E-state index in [-0.39, 0.29) is 37.9 Å². The summed E-state index contributed by atoms with van der Waals surface area (Å²) in [6.07, 6.45) is -0.227. The average Bonchev–Trinajstić information content (AvgIpc) is 4.22. The predicted octanol–water partition coefficient (Wildman–Crippen LogP) is 7.35. The Balaban J connectivity index is 0.000000170. The lowest BCUT2D eigenvalue weighted by Gasteiger charge is -2.28. The third-order valence-corrected chi connectivity index (χ3v) is 12.6. The summed E-state index contributed by atoms with van der Waals surface area (Å²) in [5.41, 5.74) is 14.6. The van der Waals surface area contributed by atoms with E-state index in [1.165, 1.54) is 32.1 Å². The molecular weight excluding hydrogens is 955 g/mol. The lowest BCUT2D eigenvalue weighted by atomic mass is 9.98. The number of carbonyl (C=O) groups is 8. The van der Waals surface area contributed by atoms with Gasteiger partial charge < -0.3 is 23.8 Å². The number of hydrazine groups is 2. The molecule has 0 radical (unpaired) electrons. The number of imide groups is 1. The van der Waals surface area contributed by atoms with Crippen molar-refractivity contribution in [1.82, 2.24) is 31.1 Å². The number of carbonyl (C=O) groups excluding carboxylic acids is 8. The zero-order valence-electron chi connectivity index (χ0n) is 42.3. The zero-order chi connectivity index (χ0) is 53.3. The standard InChI is InChI=1S/C25H29N3O5.C15H14N2O2.C14H20N2O6/c1-25(2,3)33-24(31)28-14-8-13-21(28)22(29)26-27-23(30)32-15-20-18-11-6-4-9-16(18)17-10-5-7-12-19(17)20;16-17-15(18)19-9-14-12-7-3-1-5-10(12)11-6-2-4-8-13(11)14;1-14(2,3)21-13(20)15-8-4-5-9(15)12(19)22-16-10(17)6-7-11(16)18/h4-7,9-12,20-21H,8,13-15H2,1-3H3,(H,26,29)(H,27,30);1-8,14H,9,16H2,(H,17,18);9H,4-8H2,1-3H3/t21-;;9-/m0.0/s1. The number of nitrogens with one attached hydrogen (secondary N) is 3. The van der Waals surface area contributed by atoms with Gasteiger partial charge in [-0.1, -0.05) is 97.1 Å². The summed E-state index contributed by atoms with van der Waals surface area (Å²) in [5, 5.41) is 0.494. The number of hydrogen-bond donors (Lipinski definition) is 4. The number of ether oxygens (including phenoxy) is 4. The van der Waals surface area contributed by atoms with E-state index in [1.807, 2.05) is 66.1 Å². The van der Waals surface area contributed by atoms with Crippen molar-refractivity contribution in [3.05, 3.63) is 119 Å². The van der Waals surface area contributed by atoms with Crippen molar-refractivity contribution in [2.24, 2.45) is 5.84 Å². The molecule has 0 spiro atoms. The quantitative estimate of drug-likeness (QED) is 0.0465. The first-order valence-electron chi connectivity index (χ1n) is 24.5. The van der Waals surface area contributed by atoms with Gasteiger partial charge in [0.25, 0.3) is 17.7 Å². The average molecular weight is 1020 g/mol. The Bertz CT molecular complexity index is 2660. The lowest BCUT2D eigenvalue weighted by Crippen LogP contribution is -2.52. The first-order valence-corrected chi connectivity index (χ1v) is 24.5. The molecule has 0 aromatic heterocycles. The van der Waals surface area contributed by atoms with Gasteiger partial charge in [0.1, 0.15) is 36.5 Å². The van der Waals surface area contributed by atoms with Crippen LogP contribution >= 0.6 is 0 Å². The number of rotatable bonds is 7. The normalized spacial score (nSPS) is 17.5. The van der Waals surface area contributed by atoms with E-state index < -0.39 is 71.3 Å². The van der Waals surface area contributed by atoms with Gasteiger partial charge in [-0.15, -0.1) is 5.06 Å². The Morgan fingerprint density at radius 2 is 0.932 bits per heavy atom. The molecule has 74 heavy (non-hydrogen) atoms. The van der Waals surface area contributed by atoms with Gasteiger partial charge in [-0.2, -0.15) is 0 Å². The Kier molecular flexibility index (Phi) is 16.9. The highest BCUT2D eigenvalue weighted by Crippen LogP contribution is 2.45. The molecule has 20 nitrogen and oxygen atoms in total. The van der Waals surface area contributed by atoms with Crippen LogP contribution in [0.15, 0.2) is 97.1 Å². The highest BCUT2D eigenvalue weighted by atomic mass is 16.7. The molecule has 3 fully saturated rings. The Hall–Kier alpha value is -8.00. The molecule has 2 atom stereocenters. The van der Waals surface area contributed by atoms with Crippen molar-refractivity contribution in [2.45, 2.75) is 115 Å². The third kappa shape index (κ3) is 13.0. The summed E-state index contributed by atoms with van der Waals surface area (Å²) < 4.78 is 21.2. The smallest absolute Gasteiger partial charge is 0.426 e. The molecule has 9 rings (SSSR count). The molecule has 7 amide bonds. The lowest BCUT2D eigenvalue weighted by molar-refractivity contribution is -0.200. The fourth-order valence-electron chi connectivity index (χ4n) is 9.41. The van der Waals surface area contributed by atoms with Crippen molar-refractivity contribution in [3.63, 3.8) is 0 Å². The van der Waals surface area contributed by atoms with Crippen LogP contribution in [0.1, 0.15) is 114 Å². The molecule has 4 aromatic rings. The minimum atomic E-state index is -0.837. The van der Waals surface area contributed by atoms with E-state index in [0.717, 1.165) is 22.3 Å². The second-order valence-corrected chi connectivity index (χ2v) is 20.1. The van der Waals surface area contributed by atoms with Crippen LogP contribution in [0, 0.1) is 0 Å². The van der Waals surface area contributed by atoms with Crippen LogP contribution in [-0.2, 0) is 43.0 Å². The minimum absolute atomic E-state index is 0.0343. The third-order valence-electron chi connectivity index (χ3n) is 12.6. The number of nitrogens with zero attached hydrogens (tertiary/aromatic N) is 3. The number of likely N-dealkylation sites (tertiary alicyclic amines) is 2. The summed E-state index contributed by atoms with van der Waals surface area (Å²) >= 11 is 0. The summed E-state index contributed by atoms with van der Waals surface area (Å²) in [7, 11) is 0. The van der Waals surface area contributed by atoms with E-state index in [1.54, 1.807) is 41.5 Å². The summed E-state index contributed by atoms with van der Waals surface area (Å²) in [6, 6.07) is 31.0. The van der Waals surface area contributed by atoms with Crippen LogP contribution < -0.4 is 22.1 Å². The summed E-state index contributed by atoms with van der Waals surface area (Å²) in [5.74, 6) is 2.67. The minimum Gasteiger partial charge on any atom is -0.448 e. The van der Waals surface area contributed by atoms with Crippen LogP contribution in [0.5, 0.6) is 0 Å². The topological polar surface area (TPSA) is 255 Å². The molecule has 0 unspecified atom stereocenters. The fraction of sp³-hybridized carbons (Fsp3) is 0.407. The van der Waals surface area contributed by atoms with Crippen molar-refractivity contribution in [1.29, 1.82) is 0 Å². The highest BCUT2D eigenvalue weighted by Gasteiger charge is 2.42. The van der Waals surface area contributed by atoms with Crippen LogP contribution in [0.3, 0.4) is 0 Å². The van der Waals surface area contributed by atoms with Gasteiger partial charge in [0.2, 0.25) is 0 Å². The van der Waals surface area contributed by atoms with Gasteiger partial charge in [-0.25, -0.2) is 35.2 Å². The van der Waals surface area contributed by atoms with Gasteiger partial charge in [-0.3, -0.25) is 35.0 Å². The molecule has 3 saturated heterocycles. The molecule has 0 bridgehead atoms. The van der Waals surface area contributed by atoms with Gasteiger partial charge in [0, 0.05) is 37.8 Å². The van der Waals surface area contributed by atoms with Gasteiger partial charge in [0.05, 0.1) is 0 Å². The van der Waals surface area contributed by atoms with Gasteiger partial charge >= 0.3 is 30.3 Å². The van der Waals surface area contributed by atoms with E-state index in [9.17, 15) is 38.4 Å². The number of amides is 7. The first kappa shape index (κ1) is 53.8. The zero-order valence-corrected chi connectivity index (χ0v) is 42.3. The summed E-state index contributed by atoms with van der Waals surface area (Å²) in [6.45, 7) is 11.7. The van der Waals surface area contributed by atoms with E-state index in [0.29, 0.717) is 43.8 Å². The van der Waals surface area contributed by atoms with Crippen LogP contribution in [0.25, 0.3) is 22.3 Å². The molecule has 3 heterocycles. The SMILES string of the molecule is CC(C)(C)OC(=O)N1CCC[C@H]1C(=O)NNC(=O)OCC1c2ccccc2-c2ccccc21.CC(C)(C)OC(=O)N1CCC[C@H]1C(=O)ON1C(=O)CCC1=O.NNC(=O)OCC1c2ccccc2-c2ccccc21. The Labute approximate surface area is 429 Å². The Morgan fingerprint density at radius 1 is 0.554 bits per heavy atom. The van der Waals surface area contributed by atoms with Crippen molar-refractivity contribution in [3.8, 4) is 22.3 Å². The molecular formula is C54H63N7O13. The van der Waals surface area contributed by atoms with Crippen molar-refractivity contribution >= 4 is 48.1 Å². The summed E-state index contributed by atoms with van der Waals surface area (Å²) in [4.78, 5) is 103. The Morgan fingerprint density at radius 3 is 1.34 bits per heavy atom. The van der Waals surface area contributed by atoms with E-state index in [2.05, 4.69) is 47.2 Å². The van der Waals surface area contributed by atoms with Crippen LogP contribution in [-0.4, -0.2) is 113 Å². The van der Waals surface area contributed by atoms with Crippen LogP contribution in [0.4, 0.5) is 19.2 Å². The second kappa shape index (κ2) is 23.3. The molecule has 20 heteroatoms. The predicted molar refractivity (Wildman–Crippen MR) is 268 cm³/mol. The number of fused-ring (bicyclic) bond motifs is 6. The number of nitrogens with two attached hydrogens (primary N) is 1.